The van der Waals surface area contributed by atoms with E-state index in [1.807, 2.05) is 48.5 Å². The minimum absolute atomic E-state index is 0.584. The number of hydrogen-bond donors (Lipinski definition) is 0. The molecule has 0 N–H and O–H groups in total. The first-order valence-electron chi connectivity index (χ1n) is 18.3. The van der Waals surface area contributed by atoms with Gasteiger partial charge in [-0.2, -0.15) is 5.26 Å². The van der Waals surface area contributed by atoms with Crippen LogP contribution < -0.4 is 25.6 Å². The summed E-state index contributed by atoms with van der Waals surface area (Å²) in [6, 6.07) is 75.1. The number of fused-ring (bicyclic) bond motifs is 3. The Bertz CT molecular complexity index is 2700. The lowest BCUT2D eigenvalue weighted by Crippen LogP contribution is -2.74. The van der Waals surface area contributed by atoms with Gasteiger partial charge in [-0.25, -0.2) is 4.85 Å². The van der Waals surface area contributed by atoms with Crippen LogP contribution in [0.25, 0.3) is 32.3 Å². The third kappa shape index (κ3) is 5.77. The summed E-state index contributed by atoms with van der Waals surface area (Å²) in [4.78, 5) is 5.83. The molecular weight excluding hydrogens is 685 g/mol. The Hall–Kier alpha value is -7.44. The molecule has 0 unspecified atom stereocenters. The number of aromatic nitrogens is 1. The zero-order valence-electron chi connectivity index (χ0n) is 29.9. The van der Waals surface area contributed by atoms with E-state index in [0.29, 0.717) is 11.3 Å². The van der Waals surface area contributed by atoms with Gasteiger partial charge < -0.3 is 9.47 Å². The fourth-order valence-electron chi connectivity index (χ4n) is 8.11. The Kier molecular flexibility index (Phi) is 8.61. The highest BCUT2D eigenvalue weighted by Crippen LogP contribution is 2.40. The van der Waals surface area contributed by atoms with Gasteiger partial charge in [-0.05, 0) is 93.5 Å². The summed E-state index contributed by atoms with van der Waals surface area (Å²) in [5.74, 6) is 0. The summed E-state index contributed by atoms with van der Waals surface area (Å²) in [5.41, 5.74) is 7.34. The van der Waals surface area contributed by atoms with Crippen molar-refractivity contribution in [2.45, 2.75) is 0 Å². The number of nitriles is 1. The van der Waals surface area contributed by atoms with Gasteiger partial charge in [-0.1, -0.05) is 133 Å². The van der Waals surface area contributed by atoms with Crippen LogP contribution in [0.3, 0.4) is 0 Å². The van der Waals surface area contributed by atoms with Crippen molar-refractivity contribution in [3.8, 4) is 11.8 Å². The second-order valence-electron chi connectivity index (χ2n) is 13.6. The molecule has 0 atom stereocenters. The normalized spacial score (nSPS) is 11.2. The number of hydrogen-bond acceptors (Lipinski definition) is 2. The van der Waals surface area contributed by atoms with E-state index < -0.39 is 8.07 Å². The maximum absolute atomic E-state index is 9.58. The molecule has 0 spiro atoms. The van der Waals surface area contributed by atoms with Gasteiger partial charge in [0.05, 0.1) is 29.2 Å². The molecule has 0 saturated heterocycles. The molecule has 9 aromatic rings. The van der Waals surface area contributed by atoms with Crippen molar-refractivity contribution < 1.29 is 0 Å². The van der Waals surface area contributed by atoms with Crippen LogP contribution in [0.15, 0.2) is 206 Å². The van der Waals surface area contributed by atoms with Gasteiger partial charge in [0.25, 0.3) is 0 Å². The molecule has 0 amide bonds. The summed E-state index contributed by atoms with van der Waals surface area (Å²) in [6.45, 7) is 7.54. The van der Waals surface area contributed by atoms with Gasteiger partial charge in [-0.15, -0.1) is 0 Å². The maximum atomic E-state index is 9.58. The summed E-state index contributed by atoms with van der Waals surface area (Å²) < 4.78 is 2.37. The molecule has 0 fully saturated rings. The van der Waals surface area contributed by atoms with Gasteiger partial charge in [-0.3, -0.25) is 0 Å². The highest BCUT2D eigenvalue weighted by Gasteiger charge is 2.41. The van der Waals surface area contributed by atoms with E-state index in [-0.39, 0.29) is 0 Å². The van der Waals surface area contributed by atoms with E-state index in [1.54, 1.807) is 0 Å². The SMILES string of the molecule is [C-]#[N+]c1ccc(N(c2ccc(C#N)cc2)c2ccc3c(c2)c2cc([Si](c4ccccc4)(c4ccccc4)c4ccccc4)ccc2n3-c2ccccc2)cc1. The first-order valence-corrected chi connectivity index (χ1v) is 20.3. The van der Waals surface area contributed by atoms with Gasteiger partial charge in [0, 0.05) is 33.5 Å². The lowest BCUT2D eigenvalue weighted by molar-refractivity contribution is 1.18. The zero-order valence-corrected chi connectivity index (χ0v) is 30.9. The molecule has 1 aromatic heterocycles. The first-order chi connectivity index (χ1) is 27.2. The molecule has 0 saturated carbocycles. The van der Waals surface area contributed by atoms with Gasteiger partial charge >= 0.3 is 0 Å². The number of nitrogens with zero attached hydrogens (tertiary/aromatic N) is 4. The van der Waals surface area contributed by atoms with Gasteiger partial charge in [0.2, 0.25) is 0 Å². The van der Waals surface area contributed by atoms with Crippen molar-refractivity contribution in [2.24, 2.45) is 0 Å². The van der Waals surface area contributed by atoms with E-state index in [9.17, 15) is 5.26 Å². The molecule has 0 bridgehead atoms. The largest absolute Gasteiger partial charge is 0.311 e. The van der Waals surface area contributed by atoms with E-state index in [2.05, 4.69) is 178 Å². The summed E-state index contributed by atoms with van der Waals surface area (Å²) >= 11 is 0. The van der Waals surface area contributed by atoms with Crippen molar-refractivity contribution in [3.05, 3.63) is 223 Å². The zero-order chi connectivity index (χ0) is 37.2. The lowest BCUT2D eigenvalue weighted by Gasteiger charge is -2.34. The molecule has 8 aromatic carbocycles. The Morgan fingerprint density at radius 2 is 0.927 bits per heavy atom. The number of benzene rings is 8. The number of rotatable bonds is 8. The Balaban J connectivity index is 1.35. The standard InChI is InChI=1S/C50H34N4Si/c1-52-38-24-28-41(29-25-38)53(40-26-22-37(36-51)23-27-40)42-30-32-49-47(34-42)48-35-46(31-33-50(48)54(49)39-14-6-2-7-15-39)55(43-16-8-3-9-17-43,44-18-10-4-11-19-44)45-20-12-5-13-21-45/h2-35H. The number of para-hydroxylation sites is 1. The monoisotopic (exact) mass is 718 g/mol. The number of anilines is 3. The fraction of sp³-hybridized carbons (Fsp3) is 0. The van der Waals surface area contributed by atoms with Crippen LogP contribution >= 0.6 is 0 Å². The Labute approximate surface area is 321 Å². The Morgan fingerprint density at radius 3 is 1.44 bits per heavy atom. The molecule has 9 rings (SSSR count). The minimum Gasteiger partial charge on any atom is -0.311 e. The van der Waals surface area contributed by atoms with Crippen molar-refractivity contribution in [2.75, 3.05) is 4.90 Å². The van der Waals surface area contributed by atoms with E-state index in [0.717, 1.165) is 39.2 Å². The summed E-state index contributed by atoms with van der Waals surface area (Å²) in [5, 5.41) is 17.2. The second-order valence-corrected chi connectivity index (χ2v) is 17.4. The highest BCUT2D eigenvalue weighted by atomic mass is 28.3. The first kappa shape index (κ1) is 33.4. The molecule has 5 heteroatoms. The van der Waals surface area contributed by atoms with Crippen molar-refractivity contribution in [1.29, 1.82) is 5.26 Å². The summed E-state index contributed by atoms with van der Waals surface area (Å²) in [7, 11) is -2.80. The van der Waals surface area contributed by atoms with Gasteiger partial charge in [0.1, 0.15) is 0 Å². The maximum Gasteiger partial charge on any atom is 0.187 e. The summed E-state index contributed by atoms with van der Waals surface area (Å²) in [6.07, 6.45) is 0. The fourth-order valence-corrected chi connectivity index (χ4v) is 12.9. The van der Waals surface area contributed by atoms with Crippen LogP contribution in [0.2, 0.25) is 0 Å². The van der Waals surface area contributed by atoms with Crippen molar-refractivity contribution in [1.82, 2.24) is 4.57 Å². The second kappa shape index (κ2) is 14.2. The molecule has 0 aliphatic heterocycles. The van der Waals surface area contributed by atoms with E-state index in [1.165, 1.54) is 26.1 Å². The van der Waals surface area contributed by atoms with Crippen molar-refractivity contribution in [3.63, 3.8) is 0 Å². The smallest absolute Gasteiger partial charge is 0.187 e. The molecule has 1 heterocycles. The predicted molar refractivity (Wildman–Crippen MR) is 230 cm³/mol. The Morgan fingerprint density at radius 1 is 0.473 bits per heavy atom. The van der Waals surface area contributed by atoms with Crippen LogP contribution in [0.1, 0.15) is 5.56 Å². The van der Waals surface area contributed by atoms with Crippen LogP contribution in [0.5, 0.6) is 0 Å². The lowest BCUT2D eigenvalue weighted by atomic mass is 10.1. The highest BCUT2D eigenvalue weighted by molar-refractivity contribution is 7.20. The third-order valence-corrected chi connectivity index (χ3v) is 15.3. The van der Waals surface area contributed by atoms with Crippen LogP contribution in [-0.4, -0.2) is 12.6 Å². The topological polar surface area (TPSA) is 36.3 Å². The van der Waals surface area contributed by atoms with Crippen LogP contribution in [0.4, 0.5) is 22.7 Å². The predicted octanol–water partition coefficient (Wildman–Crippen LogP) is 10.1. The molecule has 55 heavy (non-hydrogen) atoms. The van der Waals surface area contributed by atoms with Gasteiger partial charge in [0.15, 0.2) is 13.8 Å². The van der Waals surface area contributed by atoms with Crippen LogP contribution in [-0.2, 0) is 0 Å². The third-order valence-electron chi connectivity index (χ3n) is 10.6. The van der Waals surface area contributed by atoms with E-state index in [4.69, 9.17) is 6.57 Å². The average molecular weight is 719 g/mol. The molecule has 4 nitrogen and oxygen atoms in total. The van der Waals surface area contributed by atoms with Crippen LogP contribution in [0, 0.1) is 17.9 Å². The quantitative estimate of drug-likeness (QED) is 0.0891. The minimum atomic E-state index is -2.80. The molecular formula is C50H34N4Si. The molecule has 0 aliphatic rings. The van der Waals surface area contributed by atoms with E-state index >= 15 is 0 Å². The average Bonchev–Trinajstić information content (AvgIpc) is 3.59. The van der Waals surface area contributed by atoms with Crippen molar-refractivity contribution >= 4 is 73.4 Å². The molecule has 258 valence electrons. The molecule has 0 aliphatic carbocycles. The molecule has 0 radical (unpaired) electrons.